The molecule has 0 unspecified atom stereocenters. The molecule has 0 radical (unpaired) electrons. The summed E-state index contributed by atoms with van der Waals surface area (Å²) >= 11 is 0. The van der Waals surface area contributed by atoms with E-state index in [1.807, 2.05) is 0 Å². The molecule has 128 valence electrons. The van der Waals surface area contributed by atoms with E-state index in [0.717, 1.165) is 18.2 Å². The van der Waals surface area contributed by atoms with Gasteiger partial charge in [0.1, 0.15) is 17.4 Å². The van der Waals surface area contributed by atoms with Crippen LogP contribution in [-0.4, -0.2) is 21.1 Å². The number of halogens is 2. The maximum atomic E-state index is 13.6. The fraction of sp³-hybridized carbons (Fsp3) is 0.133. The second kappa shape index (κ2) is 7.26. The molecular formula is C15H13F2NO5S. The number of amides is 1. The fourth-order valence-electron chi connectivity index (χ4n) is 1.80. The van der Waals surface area contributed by atoms with Crippen molar-refractivity contribution < 1.29 is 30.9 Å². The topological polar surface area (TPSA) is 81.7 Å². The van der Waals surface area contributed by atoms with E-state index in [2.05, 4.69) is 10.1 Å². The molecule has 2 aromatic carbocycles. The highest BCUT2D eigenvalue weighted by Crippen LogP contribution is 2.25. The summed E-state index contributed by atoms with van der Waals surface area (Å²) in [5, 5.41) is 2.35. The summed E-state index contributed by atoms with van der Waals surface area (Å²) in [4.78, 5) is 10.1. The minimum Gasteiger partial charge on any atom is -0.450 e. The first-order valence-corrected chi connectivity index (χ1v) is 8.16. The SMILES string of the molecule is CCOC(=O)Nc1cccc(OS(=O)(=O)c2c(F)cccc2F)c1. The third-order valence-electron chi connectivity index (χ3n) is 2.73. The van der Waals surface area contributed by atoms with Crippen molar-refractivity contribution in [1.29, 1.82) is 0 Å². The van der Waals surface area contributed by atoms with Gasteiger partial charge in [-0.1, -0.05) is 12.1 Å². The Kier molecular flexibility index (Phi) is 5.35. The molecule has 2 rings (SSSR count). The molecule has 1 amide bonds. The van der Waals surface area contributed by atoms with Crippen LogP contribution in [-0.2, 0) is 14.9 Å². The predicted molar refractivity (Wildman–Crippen MR) is 81.3 cm³/mol. The van der Waals surface area contributed by atoms with Crippen molar-refractivity contribution in [2.45, 2.75) is 11.8 Å². The van der Waals surface area contributed by atoms with Gasteiger partial charge in [0.2, 0.25) is 0 Å². The van der Waals surface area contributed by atoms with Gasteiger partial charge in [0.25, 0.3) is 0 Å². The third kappa shape index (κ3) is 4.19. The van der Waals surface area contributed by atoms with Crippen LogP contribution in [0.4, 0.5) is 19.3 Å². The zero-order valence-electron chi connectivity index (χ0n) is 12.5. The highest BCUT2D eigenvalue weighted by atomic mass is 32.2. The van der Waals surface area contributed by atoms with E-state index in [0.29, 0.717) is 0 Å². The van der Waals surface area contributed by atoms with Crippen molar-refractivity contribution in [1.82, 2.24) is 0 Å². The molecule has 0 heterocycles. The molecule has 0 spiro atoms. The minimum absolute atomic E-state index is 0.156. The van der Waals surface area contributed by atoms with Gasteiger partial charge in [-0.3, -0.25) is 5.32 Å². The summed E-state index contributed by atoms with van der Waals surface area (Å²) in [5.41, 5.74) is 0.190. The summed E-state index contributed by atoms with van der Waals surface area (Å²) in [6.07, 6.45) is -0.738. The molecular weight excluding hydrogens is 344 g/mol. The number of anilines is 1. The molecule has 1 N–H and O–H groups in total. The van der Waals surface area contributed by atoms with Crippen molar-refractivity contribution in [2.75, 3.05) is 11.9 Å². The second-order valence-electron chi connectivity index (χ2n) is 4.46. The van der Waals surface area contributed by atoms with Gasteiger partial charge in [-0.2, -0.15) is 8.42 Å². The van der Waals surface area contributed by atoms with Gasteiger partial charge in [0.05, 0.1) is 6.61 Å². The predicted octanol–water partition coefficient (Wildman–Crippen LogP) is 3.30. The van der Waals surface area contributed by atoms with E-state index >= 15 is 0 Å². The van der Waals surface area contributed by atoms with E-state index in [4.69, 9.17) is 4.18 Å². The Morgan fingerprint density at radius 1 is 1.12 bits per heavy atom. The highest BCUT2D eigenvalue weighted by molar-refractivity contribution is 7.87. The average molecular weight is 357 g/mol. The van der Waals surface area contributed by atoms with Crippen LogP contribution in [0.15, 0.2) is 47.4 Å². The Morgan fingerprint density at radius 3 is 2.38 bits per heavy atom. The molecule has 0 aliphatic rings. The van der Waals surface area contributed by atoms with E-state index in [1.54, 1.807) is 6.92 Å². The van der Waals surface area contributed by atoms with E-state index in [-0.39, 0.29) is 18.0 Å². The molecule has 24 heavy (non-hydrogen) atoms. The quantitative estimate of drug-likeness (QED) is 0.831. The summed E-state index contributed by atoms with van der Waals surface area (Å²) in [6, 6.07) is 7.92. The maximum Gasteiger partial charge on any atom is 0.411 e. The standard InChI is InChI=1S/C15H13F2NO5S/c1-2-22-15(19)18-10-5-3-6-11(9-10)23-24(20,21)14-12(16)7-4-8-13(14)17/h3-9H,2H2,1H3,(H,18,19). The van der Waals surface area contributed by atoms with Crippen molar-refractivity contribution in [3.8, 4) is 5.75 Å². The Bertz CT molecular complexity index is 834. The summed E-state index contributed by atoms with van der Waals surface area (Å²) < 4.78 is 60.8. The van der Waals surface area contributed by atoms with Gasteiger partial charge in [-0.15, -0.1) is 0 Å². The number of carbonyl (C=O) groups is 1. The van der Waals surface area contributed by atoms with Crippen molar-refractivity contribution in [3.05, 3.63) is 54.1 Å². The highest BCUT2D eigenvalue weighted by Gasteiger charge is 2.26. The first kappa shape index (κ1) is 17.7. The van der Waals surface area contributed by atoms with Crippen molar-refractivity contribution in [2.24, 2.45) is 0 Å². The average Bonchev–Trinajstić information content (AvgIpc) is 2.46. The number of benzene rings is 2. The number of hydrogen-bond acceptors (Lipinski definition) is 5. The molecule has 0 saturated heterocycles. The van der Waals surface area contributed by atoms with Crippen LogP contribution in [0.5, 0.6) is 5.75 Å². The van der Waals surface area contributed by atoms with E-state index in [9.17, 15) is 22.0 Å². The molecule has 9 heteroatoms. The zero-order chi connectivity index (χ0) is 17.7. The Morgan fingerprint density at radius 2 is 1.75 bits per heavy atom. The van der Waals surface area contributed by atoms with Gasteiger partial charge >= 0.3 is 16.2 Å². The molecule has 0 aliphatic heterocycles. The molecule has 0 fully saturated rings. The number of hydrogen-bond donors (Lipinski definition) is 1. The second-order valence-corrected chi connectivity index (χ2v) is 5.94. The Labute approximate surface area is 137 Å². The number of carbonyl (C=O) groups excluding carboxylic acids is 1. The van der Waals surface area contributed by atoms with Crippen molar-refractivity contribution in [3.63, 3.8) is 0 Å². The van der Waals surface area contributed by atoms with Crippen LogP contribution >= 0.6 is 0 Å². The molecule has 0 aliphatic carbocycles. The lowest BCUT2D eigenvalue weighted by molar-refractivity contribution is 0.168. The number of nitrogens with one attached hydrogen (secondary N) is 1. The molecule has 0 saturated carbocycles. The van der Waals surface area contributed by atoms with Gasteiger partial charge in [-0.05, 0) is 31.2 Å². The summed E-state index contributed by atoms with van der Waals surface area (Å²) in [5.74, 6) is -2.77. The first-order chi connectivity index (χ1) is 11.3. The van der Waals surface area contributed by atoms with Crippen LogP contribution in [0.3, 0.4) is 0 Å². The van der Waals surface area contributed by atoms with E-state index < -0.39 is 32.7 Å². The van der Waals surface area contributed by atoms with Gasteiger partial charge in [0, 0.05) is 11.8 Å². The lowest BCUT2D eigenvalue weighted by Crippen LogP contribution is -2.15. The van der Waals surface area contributed by atoms with Gasteiger partial charge < -0.3 is 8.92 Å². The van der Waals surface area contributed by atoms with Crippen LogP contribution in [0.1, 0.15) is 6.92 Å². The Balaban J connectivity index is 2.26. The Hall–Kier alpha value is -2.68. The van der Waals surface area contributed by atoms with Crippen molar-refractivity contribution >= 4 is 21.9 Å². The molecule has 0 atom stereocenters. The van der Waals surface area contributed by atoms with Gasteiger partial charge in [-0.25, -0.2) is 13.6 Å². The fourth-order valence-corrected chi connectivity index (χ4v) is 2.85. The lowest BCUT2D eigenvalue weighted by Gasteiger charge is -2.10. The minimum atomic E-state index is -4.72. The summed E-state index contributed by atoms with van der Waals surface area (Å²) in [6.45, 7) is 1.78. The van der Waals surface area contributed by atoms with Crippen LogP contribution in [0, 0.1) is 11.6 Å². The monoisotopic (exact) mass is 357 g/mol. The zero-order valence-corrected chi connectivity index (χ0v) is 13.3. The number of rotatable bonds is 5. The van der Waals surface area contributed by atoms with Crippen LogP contribution in [0.2, 0.25) is 0 Å². The molecule has 6 nitrogen and oxygen atoms in total. The normalized spacial score (nSPS) is 11.0. The van der Waals surface area contributed by atoms with Gasteiger partial charge in [0.15, 0.2) is 4.90 Å². The lowest BCUT2D eigenvalue weighted by atomic mass is 10.3. The van der Waals surface area contributed by atoms with Crippen LogP contribution < -0.4 is 9.50 Å². The summed E-state index contributed by atoms with van der Waals surface area (Å²) in [7, 11) is -4.72. The maximum absolute atomic E-state index is 13.6. The first-order valence-electron chi connectivity index (χ1n) is 6.76. The molecule has 2 aromatic rings. The smallest absolute Gasteiger partial charge is 0.411 e. The third-order valence-corrected chi connectivity index (χ3v) is 4.03. The van der Waals surface area contributed by atoms with E-state index in [1.165, 1.54) is 24.3 Å². The largest absolute Gasteiger partial charge is 0.450 e. The molecule has 0 bridgehead atoms. The number of ether oxygens (including phenoxy) is 1. The molecule has 0 aromatic heterocycles. The van der Waals surface area contributed by atoms with Crippen LogP contribution in [0.25, 0.3) is 0 Å².